The van der Waals surface area contributed by atoms with Crippen LogP contribution in [0.1, 0.15) is 71.6 Å². The predicted molar refractivity (Wildman–Crippen MR) is 176 cm³/mol. The van der Waals surface area contributed by atoms with Gasteiger partial charge in [0, 0.05) is 26.8 Å². The van der Waals surface area contributed by atoms with Gasteiger partial charge in [0.25, 0.3) is 10.1 Å². The fourth-order valence-electron chi connectivity index (χ4n) is 2.53. The number of unbranched alkanes of at least 4 members (excludes halogenated alkanes) is 2. The molecule has 0 aliphatic carbocycles. The Bertz CT molecular complexity index is 1050. The summed E-state index contributed by atoms with van der Waals surface area (Å²) in [6, 6.07) is -3.30. The van der Waals surface area contributed by atoms with E-state index in [4.69, 9.17) is 58.8 Å². The molecule has 18 N–H and O–H groups in total. The number of nitrogens with one attached hydrogen (secondary N) is 2. The second-order valence-electron chi connectivity index (χ2n) is 9.71. The van der Waals surface area contributed by atoms with Gasteiger partial charge in [-0.2, -0.15) is 8.42 Å². The average Bonchev–Trinajstić information content (AvgIpc) is 2.95. The first-order valence-electron chi connectivity index (χ1n) is 14.7. The van der Waals surface area contributed by atoms with Crippen LogP contribution >= 0.6 is 0 Å². The highest BCUT2D eigenvalue weighted by Crippen LogP contribution is 1.98. The molecular formula is C26H55N7O15S. The van der Waals surface area contributed by atoms with Gasteiger partial charge in [-0.3, -0.25) is 33.3 Å². The lowest BCUT2D eigenvalue weighted by molar-refractivity contribution is -0.142. The van der Waals surface area contributed by atoms with E-state index in [1.165, 1.54) is 20.3 Å². The molecule has 0 rings (SSSR count). The van der Waals surface area contributed by atoms with Crippen molar-refractivity contribution in [2.75, 3.05) is 31.9 Å². The van der Waals surface area contributed by atoms with Gasteiger partial charge in [0.15, 0.2) is 0 Å². The number of hydrogen-bond donors (Lipinski definition) is 13. The van der Waals surface area contributed by atoms with Crippen molar-refractivity contribution in [1.29, 1.82) is 0 Å². The van der Waals surface area contributed by atoms with Crippen LogP contribution < -0.4 is 39.3 Å². The molecule has 0 fully saturated rings. The van der Waals surface area contributed by atoms with Crippen LogP contribution in [0.25, 0.3) is 0 Å². The Hall–Kier alpha value is -4.00. The molecule has 0 saturated heterocycles. The molecule has 3 atom stereocenters. The molecule has 0 radical (unpaired) electrons. The van der Waals surface area contributed by atoms with Gasteiger partial charge < -0.3 is 64.8 Å². The molecule has 0 aromatic rings. The van der Waals surface area contributed by atoms with E-state index in [1.54, 1.807) is 0 Å². The maximum Gasteiger partial charge on any atom is 0.326 e. The van der Waals surface area contributed by atoms with E-state index >= 15 is 0 Å². The Morgan fingerprint density at radius 3 is 1.35 bits per heavy atom. The number of hydrogen-bond acceptors (Lipinski definition) is 14. The zero-order valence-electron chi connectivity index (χ0n) is 27.8. The topological polar surface area (TPSA) is 429 Å². The summed E-state index contributed by atoms with van der Waals surface area (Å²) in [6.07, 6.45) is 4.88. The minimum absolute atomic E-state index is 0.0143. The summed E-state index contributed by atoms with van der Waals surface area (Å²) in [5, 5.41) is 45.8. The Balaban J connectivity index is -0.000000166. The normalized spacial score (nSPS) is 11.7. The maximum absolute atomic E-state index is 10.5. The number of carbonyl (C=O) groups excluding carboxylic acids is 2. The molecule has 23 heteroatoms. The monoisotopic (exact) mass is 737 g/mol. The van der Waals surface area contributed by atoms with Gasteiger partial charge in [0.2, 0.25) is 11.8 Å². The van der Waals surface area contributed by atoms with Crippen molar-refractivity contribution in [3.63, 3.8) is 0 Å². The van der Waals surface area contributed by atoms with Crippen LogP contribution in [0.3, 0.4) is 0 Å². The lowest BCUT2D eigenvalue weighted by Gasteiger charge is -2.11. The van der Waals surface area contributed by atoms with Crippen molar-refractivity contribution in [3.8, 4) is 0 Å². The Morgan fingerprint density at radius 1 is 0.612 bits per heavy atom. The fraction of sp³-hybridized carbons (Fsp3) is 0.731. The third kappa shape index (κ3) is 56.7. The first kappa shape index (κ1) is 54.5. The Morgan fingerprint density at radius 2 is 1.06 bits per heavy atom. The molecule has 49 heavy (non-hydrogen) atoms. The molecule has 3 unspecified atom stereocenters. The van der Waals surface area contributed by atoms with Crippen molar-refractivity contribution in [2.24, 2.45) is 28.7 Å². The van der Waals surface area contributed by atoms with E-state index in [-0.39, 0.29) is 37.6 Å². The van der Waals surface area contributed by atoms with E-state index < -0.39 is 63.8 Å². The largest absolute Gasteiger partial charge is 0.481 e. The molecule has 0 saturated carbocycles. The van der Waals surface area contributed by atoms with E-state index in [1.807, 2.05) is 0 Å². The second-order valence-corrected chi connectivity index (χ2v) is 11.2. The third-order valence-corrected chi connectivity index (χ3v) is 5.70. The molecule has 0 aromatic carbocycles. The van der Waals surface area contributed by atoms with Gasteiger partial charge in [-0.05, 0) is 58.2 Å². The van der Waals surface area contributed by atoms with Crippen molar-refractivity contribution in [1.82, 2.24) is 10.6 Å². The number of rotatable bonds is 20. The maximum atomic E-state index is 10.5. The molecule has 0 aliphatic heterocycles. The highest BCUT2D eigenvalue weighted by molar-refractivity contribution is 7.85. The standard InChI is InChI=1S/C7H14N2O3.C6H11NO4.C5H14N2.C5H9NO3.C3H7NO5S/c1-5(10)9-6(7(11)12)3-2-4-8;7-4(6(10)11)2-1-3-5(8)9;6-4-2-1-3-5-7;1-4(7)6-3-2-5(8)9;4-2(3(5)6)1-10(7,8)9/h6H,2-4,8H2,1H3,(H,9,10)(H,11,12);4H,1-3,7H2,(H,8,9)(H,10,11);1-7H2;2-3H2,1H3,(H,6,7)(H,8,9);2H,1,4H2,(H,5,6)(H,7,8,9). The number of nitrogens with two attached hydrogens (primary N) is 5. The highest BCUT2D eigenvalue weighted by Gasteiger charge is 2.19. The molecule has 0 aromatic heterocycles. The number of carboxylic acids is 5. The van der Waals surface area contributed by atoms with E-state index in [0.29, 0.717) is 25.8 Å². The zero-order valence-corrected chi connectivity index (χ0v) is 28.6. The van der Waals surface area contributed by atoms with E-state index in [0.717, 1.165) is 25.9 Å². The molecule has 0 heterocycles. The number of amides is 2. The van der Waals surface area contributed by atoms with Crippen LogP contribution in [0, 0.1) is 0 Å². The first-order valence-corrected chi connectivity index (χ1v) is 16.3. The Kier molecular flexibility index (Phi) is 39.2. The van der Waals surface area contributed by atoms with Gasteiger partial charge in [-0.25, -0.2) is 4.79 Å². The fourth-order valence-corrected chi connectivity index (χ4v) is 3.13. The first-order chi connectivity index (χ1) is 22.5. The van der Waals surface area contributed by atoms with Crippen molar-refractivity contribution in [3.05, 3.63) is 0 Å². The summed E-state index contributed by atoms with van der Waals surface area (Å²) < 4.78 is 28.0. The van der Waals surface area contributed by atoms with Crippen LogP contribution in [0.5, 0.6) is 0 Å². The summed E-state index contributed by atoms with van der Waals surface area (Å²) in [6.45, 7) is 4.90. The van der Waals surface area contributed by atoms with Crippen molar-refractivity contribution < 1.29 is 72.1 Å². The van der Waals surface area contributed by atoms with Gasteiger partial charge in [0.1, 0.15) is 23.9 Å². The van der Waals surface area contributed by atoms with E-state index in [2.05, 4.69) is 10.6 Å². The molecule has 0 spiro atoms. The SMILES string of the molecule is CC(=O)NC(CCCN)C(=O)O.CC(=O)NCCC(=O)O.NC(CCCC(=O)O)C(=O)O.NC(CS(=O)(=O)O)C(=O)O.NCCCCCN. The number of carboxylic acid groups (broad SMARTS) is 5. The summed E-state index contributed by atoms with van der Waals surface area (Å²) in [5.74, 6) is -6.88. The molecule has 2 amide bonds. The predicted octanol–water partition coefficient (Wildman–Crippen LogP) is -3.07. The lowest BCUT2D eigenvalue weighted by Crippen LogP contribution is -2.39. The quantitative estimate of drug-likeness (QED) is 0.0435. The smallest absolute Gasteiger partial charge is 0.326 e. The number of carbonyl (C=O) groups is 7. The molecular weight excluding hydrogens is 682 g/mol. The van der Waals surface area contributed by atoms with Gasteiger partial charge >= 0.3 is 29.8 Å². The summed E-state index contributed by atoms with van der Waals surface area (Å²) in [4.78, 5) is 70.9. The number of aliphatic carboxylic acids is 5. The summed E-state index contributed by atoms with van der Waals surface area (Å²) >= 11 is 0. The molecule has 290 valence electrons. The zero-order chi connectivity index (χ0) is 39.6. The van der Waals surface area contributed by atoms with Gasteiger partial charge in [-0.1, -0.05) is 6.42 Å². The van der Waals surface area contributed by atoms with Crippen molar-refractivity contribution >= 4 is 51.8 Å². The summed E-state index contributed by atoms with van der Waals surface area (Å²) in [5.41, 5.74) is 25.5. The van der Waals surface area contributed by atoms with Crippen LogP contribution in [-0.4, -0.2) is 130 Å². The van der Waals surface area contributed by atoms with Crippen LogP contribution in [-0.2, 0) is 43.7 Å². The summed E-state index contributed by atoms with van der Waals surface area (Å²) in [7, 11) is -4.27. The minimum Gasteiger partial charge on any atom is -0.481 e. The van der Waals surface area contributed by atoms with Crippen LogP contribution in [0.15, 0.2) is 0 Å². The highest BCUT2D eigenvalue weighted by atomic mass is 32.2. The molecule has 0 aliphatic rings. The second kappa shape index (κ2) is 35.3. The Labute approximate surface area is 284 Å². The van der Waals surface area contributed by atoms with Gasteiger partial charge in [-0.15, -0.1) is 0 Å². The van der Waals surface area contributed by atoms with Gasteiger partial charge in [0.05, 0.1) is 6.42 Å². The van der Waals surface area contributed by atoms with Crippen LogP contribution in [0.4, 0.5) is 0 Å². The van der Waals surface area contributed by atoms with Crippen molar-refractivity contribution in [2.45, 2.75) is 89.8 Å². The van der Waals surface area contributed by atoms with Crippen LogP contribution in [0.2, 0.25) is 0 Å². The van der Waals surface area contributed by atoms with E-state index in [9.17, 15) is 42.0 Å². The minimum atomic E-state index is -4.27. The third-order valence-electron chi connectivity index (χ3n) is 4.92. The molecule has 0 bridgehead atoms. The average molecular weight is 738 g/mol. The molecule has 22 nitrogen and oxygen atoms in total. The lowest BCUT2D eigenvalue weighted by atomic mass is 10.1.